The van der Waals surface area contributed by atoms with E-state index in [1.54, 1.807) is 24.7 Å². The van der Waals surface area contributed by atoms with Gasteiger partial charge in [-0.1, -0.05) is 17.7 Å². The van der Waals surface area contributed by atoms with Crippen molar-refractivity contribution in [3.05, 3.63) is 54.1 Å². The van der Waals surface area contributed by atoms with Crippen molar-refractivity contribution in [2.45, 2.75) is 0 Å². The molecule has 0 saturated heterocycles. The van der Waals surface area contributed by atoms with Crippen molar-refractivity contribution in [1.29, 1.82) is 0 Å². The first-order chi connectivity index (χ1) is 5.89. The highest BCUT2D eigenvalue weighted by Crippen LogP contribution is 1.99. The lowest BCUT2D eigenvalue weighted by Gasteiger charge is -1.70. The molecule has 0 atom stereocenters. The van der Waals surface area contributed by atoms with Crippen LogP contribution in [0.15, 0.2) is 48.9 Å². The number of hydrogen-bond acceptors (Lipinski definition) is 1. The van der Waals surface area contributed by atoms with Crippen LogP contribution in [-0.2, 0) is 0 Å². The molecule has 12 heavy (non-hydrogen) atoms. The second-order valence-electron chi connectivity index (χ2n) is 2.04. The van der Waals surface area contributed by atoms with Crippen LogP contribution in [0.2, 0.25) is 5.15 Å². The molecule has 0 bridgehead atoms. The lowest BCUT2D eigenvalue weighted by Crippen LogP contribution is -1.58. The van der Waals surface area contributed by atoms with E-state index in [4.69, 9.17) is 11.6 Å². The van der Waals surface area contributed by atoms with Crippen molar-refractivity contribution in [3.63, 3.8) is 0 Å². The Labute approximate surface area is 76.2 Å². The summed E-state index contributed by atoms with van der Waals surface area (Å²) in [6.45, 7) is 0. The summed E-state index contributed by atoms with van der Waals surface area (Å²) in [6, 6.07) is 9.36. The fraction of sp³-hybridized carbons (Fsp3) is 0. The topological polar surface area (TPSA) is 28.7 Å². The molecular formula is C9H9ClN2. The zero-order valence-electron chi connectivity index (χ0n) is 6.44. The van der Waals surface area contributed by atoms with Gasteiger partial charge >= 0.3 is 0 Å². The summed E-state index contributed by atoms with van der Waals surface area (Å²) in [7, 11) is 0. The molecular weight excluding hydrogens is 172 g/mol. The largest absolute Gasteiger partial charge is 0.352 e. The lowest BCUT2D eigenvalue weighted by atomic mass is 10.5. The molecule has 62 valence electrons. The molecule has 2 aromatic heterocycles. The fourth-order valence-electron chi connectivity index (χ4n) is 0.621. The molecule has 2 rings (SSSR count). The zero-order valence-corrected chi connectivity index (χ0v) is 7.20. The summed E-state index contributed by atoms with van der Waals surface area (Å²) < 4.78 is 0. The fourth-order valence-corrected chi connectivity index (χ4v) is 0.757. The highest BCUT2D eigenvalue weighted by atomic mass is 35.5. The Morgan fingerprint density at radius 3 is 2.00 bits per heavy atom. The summed E-state index contributed by atoms with van der Waals surface area (Å²) in [5, 5.41) is 0.690. The third-order valence-electron chi connectivity index (χ3n) is 1.13. The molecule has 1 N–H and O–H groups in total. The Morgan fingerprint density at radius 1 is 1.08 bits per heavy atom. The molecule has 0 saturated carbocycles. The summed E-state index contributed by atoms with van der Waals surface area (Å²) in [4.78, 5) is 6.55. The van der Waals surface area contributed by atoms with Gasteiger partial charge in [-0.15, -0.1) is 0 Å². The standard InChI is InChI=1S/C5H5N.C4H4ClN/c1-2-4-6-5-3-1;5-4-2-1-3-6-4/h1-5H;1-3,6H. The van der Waals surface area contributed by atoms with Gasteiger partial charge in [-0.2, -0.15) is 0 Å². The van der Waals surface area contributed by atoms with Crippen LogP contribution in [0.5, 0.6) is 0 Å². The number of rotatable bonds is 0. The van der Waals surface area contributed by atoms with E-state index in [1.807, 2.05) is 24.3 Å². The third kappa shape index (κ3) is 3.78. The summed E-state index contributed by atoms with van der Waals surface area (Å²) >= 11 is 5.40. The van der Waals surface area contributed by atoms with Crippen LogP contribution in [-0.4, -0.2) is 9.97 Å². The van der Waals surface area contributed by atoms with Crippen molar-refractivity contribution in [1.82, 2.24) is 9.97 Å². The van der Waals surface area contributed by atoms with Crippen molar-refractivity contribution < 1.29 is 0 Å². The molecule has 0 aliphatic rings. The van der Waals surface area contributed by atoms with Gasteiger partial charge in [0.25, 0.3) is 0 Å². The molecule has 0 spiro atoms. The van der Waals surface area contributed by atoms with Gasteiger partial charge in [0.1, 0.15) is 5.15 Å². The molecule has 0 radical (unpaired) electrons. The monoisotopic (exact) mass is 180 g/mol. The molecule has 0 unspecified atom stereocenters. The van der Waals surface area contributed by atoms with E-state index in [2.05, 4.69) is 9.97 Å². The van der Waals surface area contributed by atoms with Crippen LogP contribution in [0.25, 0.3) is 0 Å². The Kier molecular flexibility index (Phi) is 3.95. The van der Waals surface area contributed by atoms with Crippen LogP contribution < -0.4 is 0 Å². The van der Waals surface area contributed by atoms with Crippen LogP contribution in [0.3, 0.4) is 0 Å². The van der Waals surface area contributed by atoms with E-state index in [0.717, 1.165) is 0 Å². The maximum Gasteiger partial charge on any atom is 0.106 e. The number of hydrogen-bond donors (Lipinski definition) is 1. The van der Waals surface area contributed by atoms with Gasteiger partial charge < -0.3 is 4.98 Å². The van der Waals surface area contributed by atoms with E-state index in [1.165, 1.54) is 0 Å². The van der Waals surface area contributed by atoms with E-state index in [-0.39, 0.29) is 0 Å². The second-order valence-corrected chi connectivity index (χ2v) is 2.45. The first-order valence-corrected chi connectivity index (χ1v) is 3.91. The Hall–Kier alpha value is -1.28. The minimum Gasteiger partial charge on any atom is -0.352 e. The quantitative estimate of drug-likeness (QED) is 0.664. The smallest absolute Gasteiger partial charge is 0.106 e. The summed E-state index contributed by atoms with van der Waals surface area (Å²) in [5.74, 6) is 0. The van der Waals surface area contributed by atoms with Crippen molar-refractivity contribution >= 4 is 11.6 Å². The molecule has 0 aromatic carbocycles. The van der Waals surface area contributed by atoms with Gasteiger partial charge in [-0.05, 0) is 24.3 Å². The molecule has 0 aliphatic carbocycles. The molecule has 2 nitrogen and oxygen atoms in total. The summed E-state index contributed by atoms with van der Waals surface area (Å²) in [6.07, 6.45) is 5.28. The Morgan fingerprint density at radius 2 is 1.83 bits per heavy atom. The SMILES string of the molecule is Clc1ccc[nH]1.c1ccncc1. The zero-order chi connectivity index (χ0) is 8.65. The first-order valence-electron chi connectivity index (χ1n) is 3.53. The van der Waals surface area contributed by atoms with Crippen molar-refractivity contribution in [3.8, 4) is 0 Å². The van der Waals surface area contributed by atoms with Gasteiger partial charge in [0.2, 0.25) is 0 Å². The molecule has 2 aromatic rings. The number of halogens is 1. The number of pyridine rings is 1. The Balaban J connectivity index is 0.000000120. The Bertz CT molecular complexity index is 252. The average molecular weight is 181 g/mol. The van der Waals surface area contributed by atoms with Crippen molar-refractivity contribution in [2.24, 2.45) is 0 Å². The average Bonchev–Trinajstić information content (AvgIpc) is 2.60. The van der Waals surface area contributed by atoms with Gasteiger partial charge in [0, 0.05) is 18.6 Å². The maximum absolute atomic E-state index is 5.40. The third-order valence-corrected chi connectivity index (χ3v) is 1.36. The summed E-state index contributed by atoms with van der Waals surface area (Å²) in [5.41, 5.74) is 0. The molecule has 0 aliphatic heterocycles. The van der Waals surface area contributed by atoms with Crippen LogP contribution in [0.1, 0.15) is 0 Å². The normalized spacial score (nSPS) is 8.42. The molecule has 0 amide bonds. The minimum absolute atomic E-state index is 0.690. The number of nitrogens with zero attached hydrogens (tertiary/aromatic N) is 1. The highest BCUT2D eigenvalue weighted by molar-refractivity contribution is 6.29. The highest BCUT2D eigenvalue weighted by Gasteiger charge is 1.75. The van der Waals surface area contributed by atoms with Gasteiger partial charge in [-0.3, -0.25) is 4.98 Å². The molecule has 3 heteroatoms. The number of H-pyrrole nitrogens is 1. The van der Waals surface area contributed by atoms with E-state index < -0.39 is 0 Å². The predicted octanol–water partition coefficient (Wildman–Crippen LogP) is 2.75. The number of aromatic amines is 1. The second kappa shape index (κ2) is 5.38. The number of nitrogens with one attached hydrogen (secondary N) is 1. The predicted molar refractivity (Wildman–Crippen MR) is 50.0 cm³/mol. The van der Waals surface area contributed by atoms with Gasteiger partial charge in [0.05, 0.1) is 0 Å². The van der Waals surface area contributed by atoms with Crippen molar-refractivity contribution in [2.75, 3.05) is 0 Å². The van der Waals surface area contributed by atoms with Crippen LogP contribution >= 0.6 is 11.6 Å². The molecule has 2 heterocycles. The minimum atomic E-state index is 0.690. The van der Waals surface area contributed by atoms with E-state index >= 15 is 0 Å². The van der Waals surface area contributed by atoms with E-state index in [0.29, 0.717) is 5.15 Å². The van der Waals surface area contributed by atoms with E-state index in [9.17, 15) is 0 Å². The lowest BCUT2D eigenvalue weighted by molar-refractivity contribution is 1.33. The van der Waals surface area contributed by atoms with Crippen LogP contribution in [0, 0.1) is 0 Å². The number of aromatic nitrogens is 2. The molecule has 0 fully saturated rings. The van der Waals surface area contributed by atoms with Gasteiger partial charge in [0.15, 0.2) is 0 Å². The van der Waals surface area contributed by atoms with Gasteiger partial charge in [-0.25, -0.2) is 0 Å². The maximum atomic E-state index is 5.40. The first kappa shape index (κ1) is 8.81. The van der Waals surface area contributed by atoms with Crippen LogP contribution in [0.4, 0.5) is 0 Å².